The zero-order valence-corrected chi connectivity index (χ0v) is 13.1. The van der Waals surface area contributed by atoms with Crippen LogP contribution in [0.5, 0.6) is 0 Å². The summed E-state index contributed by atoms with van der Waals surface area (Å²) in [7, 11) is 0. The number of rotatable bonds is 2. The molecule has 0 aliphatic rings. The van der Waals surface area contributed by atoms with Crippen molar-refractivity contribution in [1.82, 2.24) is 9.55 Å². The molecule has 0 aromatic carbocycles. The van der Waals surface area contributed by atoms with Gasteiger partial charge < -0.3 is 0 Å². The Hall–Kier alpha value is -2.16. The van der Waals surface area contributed by atoms with E-state index in [-0.39, 0.29) is 0 Å². The fourth-order valence-corrected chi connectivity index (χ4v) is 1.46. The number of hydrogen-bond acceptors (Lipinski definition) is 2. The molecule has 0 aliphatic carbocycles. The van der Waals surface area contributed by atoms with Gasteiger partial charge in [-0.05, 0) is 31.2 Å². The Labute approximate surface area is 122 Å². The van der Waals surface area contributed by atoms with E-state index in [0.29, 0.717) is 5.84 Å². The lowest BCUT2D eigenvalue weighted by Gasteiger charge is -2.01. The largest absolute Gasteiger partial charge is 0.286 e. The molecule has 0 radical (unpaired) electrons. The molecule has 108 valence electrons. The highest BCUT2D eigenvalue weighted by atomic mass is 15.1. The van der Waals surface area contributed by atoms with Gasteiger partial charge in [-0.15, -0.1) is 0 Å². The van der Waals surface area contributed by atoms with Crippen LogP contribution >= 0.6 is 0 Å². The lowest BCUT2D eigenvalue weighted by Crippen LogP contribution is -2.06. The van der Waals surface area contributed by atoms with Gasteiger partial charge in [-0.1, -0.05) is 45.9 Å². The molecule has 0 saturated carbocycles. The molecule has 0 saturated heterocycles. The maximum Gasteiger partial charge on any atom is 0.145 e. The summed E-state index contributed by atoms with van der Waals surface area (Å²) in [6, 6.07) is 5.82. The van der Waals surface area contributed by atoms with Crippen LogP contribution in [0, 0.1) is 5.41 Å². The van der Waals surface area contributed by atoms with E-state index in [1.54, 1.807) is 16.8 Å². The number of nitrogens with one attached hydrogen (secondary N) is 1. The standard InChI is InChI=1S/C13H13N3.2C2H6/c1-10(2)5-6-12(14)16-9-7-11-4-3-8-15-13(11)16;2*1-2/h3-9,14H,1H2,2H3;2*1-2H3/b6-5-,14-12?;;. The van der Waals surface area contributed by atoms with Crippen LogP contribution in [0.4, 0.5) is 0 Å². The van der Waals surface area contributed by atoms with Crippen molar-refractivity contribution in [1.29, 1.82) is 5.41 Å². The summed E-state index contributed by atoms with van der Waals surface area (Å²) in [5.41, 5.74) is 1.73. The summed E-state index contributed by atoms with van der Waals surface area (Å²) in [6.07, 6.45) is 7.12. The molecule has 2 heterocycles. The van der Waals surface area contributed by atoms with Crippen molar-refractivity contribution in [3.8, 4) is 0 Å². The first-order valence-electron chi connectivity index (χ1n) is 7.03. The van der Waals surface area contributed by atoms with Gasteiger partial charge in [-0.25, -0.2) is 4.98 Å². The fraction of sp³-hybridized carbons (Fsp3) is 0.294. The van der Waals surface area contributed by atoms with Gasteiger partial charge in [0.15, 0.2) is 0 Å². The molecule has 0 aliphatic heterocycles. The first kappa shape index (κ1) is 17.8. The second kappa shape index (κ2) is 9.73. The Bertz CT molecular complexity index is 577. The summed E-state index contributed by atoms with van der Waals surface area (Å²) in [6.45, 7) is 13.7. The molecule has 0 bridgehead atoms. The predicted molar refractivity (Wildman–Crippen MR) is 89.5 cm³/mol. The van der Waals surface area contributed by atoms with Crippen LogP contribution in [0.1, 0.15) is 34.6 Å². The first-order valence-corrected chi connectivity index (χ1v) is 7.03. The van der Waals surface area contributed by atoms with Crippen LogP contribution < -0.4 is 0 Å². The van der Waals surface area contributed by atoms with E-state index >= 15 is 0 Å². The molecule has 0 unspecified atom stereocenters. The van der Waals surface area contributed by atoms with Gasteiger partial charge in [0.05, 0.1) is 0 Å². The molecule has 1 N–H and O–H groups in total. The molecule has 3 nitrogen and oxygen atoms in total. The monoisotopic (exact) mass is 271 g/mol. The summed E-state index contributed by atoms with van der Waals surface area (Å²) in [4.78, 5) is 4.26. The summed E-state index contributed by atoms with van der Waals surface area (Å²) in [5.74, 6) is 0.386. The molecule has 0 fully saturated rings. The highest BCUT2D eigenvalue weighted by Gasteiger charge is 2.02. The van der Waals surface area contributed by atoms with Crippen molar-refractivity contribution in [3.63, 3.8) is 0 Å². The third-order valence-electron chi connectivity index (χ3n) is 2.23. The van der Waals surface area contributed by atoms with E-state index in [1.165, 1.54) is 0 Å². The average Bonchev–Trinajstić information content (AvgIpc) is 2.93. The van der Waals surface area contributed by atoms with Crippen LogP contribution in [0.25, 0.3) is 11.0 Å². The van der Waals surface area contributed by atoms with Crippen LogP contribution in [-0.2, 0) is 0 Å². The fourth-order valence-electron chi connectivity index (χ4n) is 1.46. The summed E-state index contributed by atoms with van der Waals surface area (Å²) >= 11 is 0. The number of aromatic nitrogens is 2. The van der Waals surface area contributed by atoms with Gasteiger partial charge in [0.25, 0.3) is 0 Å². The van der Waals surface area contributed by atoms with Crippen LogP contribution in [0.3, 0.4) is 0 Å². The van der Waals surface area contributed by atoms with E-state index < -0.39 is 0 Å². The zero-order valence-electron chi connectivity index (χ0n) is 13.1. The van der Waals surface area contributed by atoms with E-state index in [2.05, 4.69) is 11.6 Å². The topological polar surface area (TPSA) is 41.7 Å². The Morgan fingerprint density at radius 3 is 2.45 bits per heavy atom. The predicted octanol–water partition coefficient (Wildman–Crippen LogP) is 5.05. The van der Waals surface area contributed by atoms with E-state index in [4.69, 9.17) is 5.41 Å². The zero-order chi connectivity index (χ0) is 15.5. The molecule has 3 heteroatoms. The van der Waals surface area contributed by atoms with Crippen LogP contribution in [-0.4, -0.2) is 15.4 Å². The molecular formula is C17H25N3. The second-order valence-corrected chi connectivity index (χ2v) is 3.67. The lowest BCUT2D eigenvalue weighted by atomic mass is 10.3. The number of nitrogens with zero attached hydrogens (tertiary/aromatic N) is 2. The molecule has 0 amide bonds. The maximum atomic E-state index is 7.92. The Morgan fingerprint density at radius 2 is 1.85 bits per heavy atom. The van der Waals surface area contributed by atoms with Crippen molar-refractivity contribution in [2.75, 3.05) is 0 Å². The van der Waals surface area contributed by atoms with Gasteiger partial charge in [-0.2, -0.15) is 0 Å². The van der Waals surface area contributed by atoms with Crippen molar-refractivity contribution in [3.05, 3.63) is 54.9 Å². The normalized spacial score (nSPS) is 9.45. The van der Waals surface area contributed by atoms with Crippen molar-refractivity contribution < 1.29 is 0 Å². The minimum absolute atomic E-state index is 0.386. The highest BCUT2D eigenvalue weighted by molar-refractivity contribution is 5.98. The molecule has 2 aromatic rings. The average molecular weight is 271 g/mol. The van der Waals surface area contributed by atoms with Gasteiger partial charge in [0.2, 0.25) is 0 Å². The van der Waals surface area contributed by atoms with Gasteiger partial charge >= 0.3 is 0 Å². The molecule has 20 heavy (non-hydrogen) atoms. The van der Waals surface area contributed by atoms with Crippen LogP contribution in [0.2, 0.25) is 0 Å². The molecule has 2 rings (SSSR count). The Morgan fingerprint density at radius 1 is 1.20 bits per heavy atom. The van der Waals surface area contributed by atoms with E-state index in [9.17, 15) is 0 Å². The number of fused-ring (bicyclic) bond motifs is 1. The van der Waals surface area contributed by atoms with Crippen LogP contribution in [0.15, 0.2) is 54.9 Å². The third kappa shape index (κ3) is 4.84. The first-order chi connectivity index (χ1) is 9.68. The lowest BCUT2D eigenvalue weighted by molar-refractivity contribution is 1.15. The Kier molecular flexibility index (Phi) is 8.68. The highest BCUT2D eigenvalue weighted by Crippen LogP contribution is 2.12. The molecular weight excluding hydrogens is 246 g/mol. The van der Waals surface area contributed by atoms with Gasteiger partial charge in [-0.3, -0.25) is 9.98 Å². The Balaban J connectivity index is 0.000000829. The third-order valence-corrected chi connectivity index (χ3v) is 2.23. The number of hydrogen-bond donors (Lipinski definition) is 1. The minimum Gasteiger partial charge on any atom is -0.286 e. The maximum absolute atomic E-state index is 7.92. The minimum atomic E-state index is 0.386. The number of allylic oxidation sites excluding steroid dienone is 3. The molecule has 0 spiro atoms. The smallest absolute Gasteiger partial charge is 0.145 e. The van der Waals surface area contributed by atoms with E-state index in [1.807, 2.05) is 65.1 Å². The van der Waals surface area contributed by atoms with Gasteiger partial charge in [0, 0.05) is 17.8 Å². The van der Waals surface area contributed by atoms with Crippen molar-refractivity contribution in [2.24, 2.45) is 0 Å². The molecule has 0 atom stereocenters. The van der Waals surface area contributed by atoms with E-state index in [0.717, 1.165) is 16.6 Å². The summed E-state index contributed by atoms with van der Waals surface area (Å²) < 4.78 is 1.74. The van der Waals surface area contributed by atoms with Crippen molar-refractivity contribution in [2.45, 2.75) is 34.6 Å². The second-order valence-electron chi connectivity index (χ2n) is 3.67. The number of pyridine rings is 1. The SMILES string of the molecule is C=C(C)/C=C\C(=N)n1ccc2cccnc21.CC.CC. The van der Waals surface area contributed by atoms with Gasteiger partial charge in [0.1, 0.15) is 11.5 Å². The van der Waals surface area contributed by atoms with Crippen molar-refractivity contribution >= 4 is 16.9 Å². The quantitative estimate of drug-likeness (QED) is 0.463. The summed E-state index contributed by atoms with van der Waals surface area (Å²) in [5, 5.41) is 8.95. The molecule has 2 aromatic heterocycles.